The fourth-order valence-electron chi connectivity index (χ4n) is 1.38. The molecule has 88 valence electrons. The third kappa shape index (κ3) is 3.15. The minimum atomic E-state index is -1.04. The summed E-state index contributed by atoms with van der Waals surface area (Å²) in [6, 6.07) is 4.83. The molecule has 0 aliphatic heterocycles. The van der Waals surface area contributed by atoms with Crippen molar-refractivity contribution in [3.05, 3.63) is 23.8 Å². The van der Waals surface area contributed by atoms with Crippen LogP contribution in [-0.2, 0) is 10.2 Å². The van der Waals surface area contributed by atoms with Crippen LogP contribution in [0.5, 0.6) is 11.5 Å². The Labute approximate surface area is 94.5 Å². The third-order valence-electron chi connectivity index (χ3n) is 2.14. The molecule has 0 bridgehead atoms. The smallest absolute Gasteiger partial charge is 0.341 e. The highest BCUT2D eigenvalue weighted by atomic mass is 16.5. The average molecular weight is 224 g/mol. The topological polar surface area (TPSA) is 66.8 Å². The minimum absolute atomic E-state index is 0.121. The largest absolute Gasteiger partial charge is 0.508 e. The molecule has 2 N–H and O–H groups in total. The van der Waals surface area contributed by atoms with Gasteiger partial charge in [0.15, 0.2) is 6.61 Å². The van der Waals surface area contributed by atoms with Gasteiger partial charge in [0.2, 0.25) is 0 Å². The van der Waals surface area contributed by atoms with Crippen LogP contribution in [0, 0.1) is 0 Å². The van der Waals surface area contributed by atoms with Gasteiger partial charge in [-0.1, -0.05) is 26.8 Å². The first-order valence-corrected chi connectivity index (χ1v) is 4.99. The molecule has 0 amide bonds. The molecule has 0 aromatic heterocycles. The molecule has 0 fully saturated rings. The van der Waals surface area contributed by atoms with Gasteiger partial charge in [-0.15, -0.1) is 0 Å². The maximum atomic E-state index is 10.3. The van der Waals surface area contributed by atoms with Crippen LogP contribution in [0.1, 0.15) is 26.3 Å². The molecule has 4 nitrogen and oxygen atoms in total. The van der Waals surface area contributed by atoms with Gasteiger partial charge in [0.05, 0.1) is 0 Å². The van der Waals surface area contributed by atoms with E-state index in [-0.39, 0.29) is 11.2 Å². The van der Waals surface area contributed by atoms with Crippen molar-refractivity contribution >= 4 is 5.97 Å². The first-order chi connectivity index (χ1) is 7.30. The fraction of sp³-hybridized carbons (Fsp3) is 0.417. The maximum Gasteiger partial charge on any atom is 0.341 e. The van der Waals surface area contributed by atoms with Gasteiger partial charge >= 0.3 is 5.97 Å². The Kier molecular flexibility index (Phi) is 3.42. The summed E-state index contributed by atoms with van der Waals surface area (Å²) in [6.07, 6.45) is 0. The summed E-state index contributed by atoms with van der Waals surface area (Å²) >= 11 is 0. The van der Waals surface area contributed by atoms with Crippen molar-refractivity contribution in [1.29, 1.82) is 0 Å². The highest BCUT2D eigenvalue weighted by Gasteiger charge is 2.18. The lowest BCUT2D eigenvalue weighted by Crippen LogP contribution is -2.12. The van der Waals surface area contributed by atoms with E-state index in [1.54, 1.807) is 12.1 Å². The molecular weight excluding hydrogens is 208 g/mol. The molecule has 0 heterocycles. The van der Waals surface area contributed by atoms with E-state index in [1.165, 1.54) is 6.07 Å². The number of hydrogen-bond acceptors (Lipinski definition) is 3. The molecule has 1 rings (SSSR count). The molecule has 0 aliphatic rings. The lowest BCUT2D eigenvalue weighted by atomic mass is 9.86. The van der Waals surface area contributed by atoms with E-state index < -0.39 is 12.6 Å². The molecule has 0 aliphatic carbocycles. The molecule has 1 aromatic rings. The second-order valence-corrected chi connectivity index (χ2v) is 4.61. The predicted octanol–water partition coefficient (Wildman–Crippen LogP) is 2.15. The normalized spacial score (nSPS) is 11.2. The van der Waals surface area contributed by atoms with Gasteiger partial charge in [-0.25, -0.2) is 4.79 Å². The van der Waals surface area contributed by atoms with Crippen molar-refractivity contribution in [3.63, 3.8) is 0 Å². The molecule has 0 saturated carbocycles. The Morgan fingerprint density at radius 2 is 2.00 bits per heavy atom. The SMILES string of the molecule is CC(C)(C)c1ccc(OCC(=O)O)cc1O. The summed E-state index contributed by atoms with van der Waals surface area (Å²) in [6.45, 7) is 5.55. The van der Waals surface area contributed by atoms with E-state index in [9.17, 15) is 9.90 Å². The van der Waals surface area contributed by atoms with Crippen molar-refractivity contribution in [2.24, 2.45) is 0 Å². The first kappa shape index (κ1) is 12.4. The number of aromatic hydroxyl groups is 1. The standard InChI is InChI=1S/C12H16O4/c1-12(2,3)9-5-4-8(6-10(9)13)16-7-11(14)15/h4-6,13H,7H2,1-3H3,(H,14,15). The predicted molar refractivity (Wildman–Crippen MR) is 59.9 cm³/mol. The Bertz CT molecular complexity index is 390. The van der Waals surface area contributed by atoms with E-state index in [2.05, 4.69) is 0 Å². The number of rotatable bonds is 3. The molecular formula is C12H16O4. The summed E-state index contributed by atoms with van der Waals surface area (Å²) in [4.78, 5) is 10.3. The number of phenolic OH excluding ortho intramolecular Hbond substituents is 1. The van der Waals surface area contributed by atoms with Crippen LogP contribution in [0.2, 0.25) is 0 Å². The van der Waals surface area contributed by atoms with Crippen LogP contribution in [0.15, 0.2) is 18.2 Å². The van der Waals surface area contributed by atoms with Gasteiger partial charge in [0.1, 0.15) is 11.5 Å². The number of benzene rings is 1. The van der Waals surface area contributed by atoms with Crippen molar-refractivity contribution in [1.82, 2.24) is 0 Å². The van der Waals surface area contributed by atoms with Crippen LogP contribution >= 0.6 is 0 Å². The van der Waals surface area contributed by atoms with E-state index in [0.717, 1.165) is 5.56 Å². The highest BCUT2D eigenvalue weighted by molar-refractivity contribution is 5.68. The zero-order valence-electron chi connectivity index (χ0n) is 9.65. The monoisotopic (exact) mass is 224 g/mol. The number of carbonyl (C=O) groups is 1. The first-order valence-electron chi connectivity index (χ1n) is 4.99. The second-order valence-electron chi connectivity index (χ2n) is 4.61. The fourth-order valence-corrected chi connectivity index (χ4v) is 1.38. The lowest BCUT2D eigenvalue weighted by Gasteiger charge is -2.20. The van der Waals surface area contributed by atoms with Crippen LogP contribution in [0.3, 0.4) is 0 Å². The third-order valence-corrected chi connectivity index (χ3v) is 2.14. The highest BCUT2D eigenvalue weighted by Crippen LogP contribution is 2.33. The summed E-state index contributed by atoms with van der Waals surface area (Å²) in [7, 11) is 0. The maximum absolute atomic E-state index is 10.3. The Hall–Kier alpha value is -1.71. The quantitative estimate of drug-likeness (QED) is 0.825. The lowest BCUT2D eigenvalue weighted by molar-refractivity contribution is -0.139. The summed E-state index contributed by atoms with van der Waals surface area (Å²) in [5.41, 5.74) is 0.644. The number of ether oxygens (including phenoxy) is 1. The van der Waals surface area contributed by atoms with Crippen LogP contribution < -0.4 is 4.74 Å². The molecule has 1 aromatic carbocycles. The number of carboxylic acids is 1. The Morgan fingerprint density at radius 1 is 1.38 bits per heavy atom. The molecule has 16 heavy (non-hydrogen) atoms. The number of phenols is 1. The summed E-state index contributed by atoms with van der Waals surface area (Å²) in [5.74, 6) is -0.567. The molecule has 0 radical (unpaired) electrons. The summed E-state index contributed by atoms with van der Waals surface area (Å²) < 4.78 is 4.96. The Balaban J connectivity index is 2.87. The molecule has 0 atom stereocenters. The van der Waals surface area contributed by atoms with Gasteiger partial charge in [0, 0.05) is 6.07 Å². The van der Waals surface area contributed by atoms with Crippen molar-refractivity contribution in [3.8, 4) is 11.5 Å². The average Bonchev–Trinajstić information content (AvgIpc) is 2.12. The second kappa shape index (κ2) is 4.43. The van der Waals surface area contributed by atoms with E-state index in [1.807, 2.05) is 20.8 Å². The van der Waals surface area contributed by atoms with E-state index in [0.29, 0.717) is 5.75 Å². The molecule has 0 saturated heterocycles. The van der Waals surface area contributed by atoms with Gasteiger partial charge in [0.25, 0.3) is 0 Å². The van der Waals surface area contributed by atoms with Gasteiger partial charge in [-0.2, -0.15) is 0 Å². The summed E-state index contributed by atoms with van der Waals surface area (Å²) in [5, 5.41) is 18.2. The van der Waals surface area contributed by atoms with Crippen molar-refractivity contribution in [2.45, 2.75) is 26.2 Å². The van der Waals surface area contributed by atoms with Crippen LogP contribution in [-0.4, -0.2) is 22.8 Å². The molecule has 0 unspecified atom stereocenters. The van der Waals surface area contributed by atoms with Crippen molar-refractivity contribution < 1.29 is 19.7 Å². The van der Waals surface area contributed by atoms with Crippen LogP contribution in [0.25, 0.3) is 0 Å². The van der Waals surface area contributed by atoms with E-state index >= 15 is 0 Å². The minimum Gasteiger partial charge on any atom is -0.508 e. The zero-order chi connectivity index (χ0) is 12.3. The number of hydrogen-bond donors (Lipinski definition) is 2. The zero-order valence-corrected chi connectivity index (χ0v) is 9.65. The van der Waals surface area contributed by atoms with Gasteiger partial charge in [-0.05, 0) is 17.0 Å². The number of aliphatic carboxylic acids is 1. The number of carboxylic acid groups (broad SMARTS) is 1. The molecule has 4 heteroatoms. The Morgan fingerprint density at radius 3 is 2.44 bits per heavy atom. The van der Waals surface area contributed by atoms with Crippen molar-refractivity contribution in [2.75, 3.05) is 6.61 Å². The van der Waals surface area contributed by atoms with Gasteiger partial charge in [-0.3, -0.25) is 0 Å². The van der Waals surface area contributed by atoms with E-state index in [4.69, 9.17) is 9.84 Å². The van der Waals surface area contributed by atoms with Gasteiger partial charge < -0.3 is 14.9 Å². The van der Waals surface area contributed by atoms with Crippen LogP contribution in [0.4, 0.5) is 0 Å². The molecule has 0 spiro atoms.